The van der Waals surface area contributed by atoms with Crippen LogP contribution in [0.5, 0.6) is 0 Å². The number of amides is 2. The molecule has 2 amide bonds. The number of carbonyl (C=O) groups excluding carboxylic acids is 2. The minimum Gasteiger partial charge on any atom is -0.381 e. The average Bonchev–Trinajstić information content (AvgIpc) is 3.05. The molecule has 0 bridgehead atoms. The molecule has 0 atom stereocenters. The first-order valence-corrected chi connectivity index (χ1v) is 11.6. The molecule has 0 radical (unpaired) electrons. The molecule has 1 saturated heterocycles. The number of aromatic nitrogens is 1. The zero-order valence-corrected chi connectivity index (χ0v) is 17.8. The van der Waals surface area contributed by atoms with Gasteiger partial charge >= 0.3 is 0 Å². The summed E-state index contributed by atoms with van der Waals surface area (Å²) in [5.41, 5.74) is 1.23. The summed E-state index contributed by atoms with van der Waals surface area (Å²) in [4.78, 5) is 31.6. The highest BCUT2D eigenvalue weighted by Crippen LogP contribution is 2.31. The van der Waals surface area contributed by atoms with E-state index in [1.807, 2.05) is 6.07 Å². The van der Waals surface area contributed by atoms with E-state index >= 15 is 0 Å². The quantitative estimate of drug-likeness (QED) is 0.698. The van der Waals surface area contributed by atoms with Crippen LogP contribution >= 0.6 is 0 Å². The summed E-state index contributed by atoms with van der Waals surface area (Å²) < 4.78 is 5.44. The van der Waals surface area contributed by atoms with Gasteiger partial charge in [-0.25, -0.2) is 4.98 Å². The topological polar surface area (TPSA) is 83.6 Å². The fraction of sp³-hybridized carbons (Fsp3) is 0.696. The summed E-state index contributed by atoms with van der Waals surface area (Å²) in [6.07, 6.45) is 12.5. The van der Waals surface area contributed by atoms with Crippen molar-refractivity contribution >= 4 is 23.3 Å². The summed E-state index contributed by atoms with van der Waals surface area (Å²) in [5, 5.41) is 6.14. The Labute approximate surface area is 178 Å². The number of ether oxygens (including phenoxy) is 1. The molecule has 164 valence electrons. The van der Waals surface area contributed by atoms with E-state index in [2.05, 4.69) is 15.6 Å². The van der Waals surface area contributed by atoms with Crippen molar-refractivity contribution in [3.63, 3.8) is 0 Å². The van der Waals surface area contributed by atoms with E-state index in [-0.39, 0.29) is 18.4 Å². The second kappa shape index (κ2) is 10.2. The maximum atomic E-state index is 12.7. The third-order valence-electron chi connectivity index (χ3n) is 6.72. The molecular weight excluding hydrogens is 380 g/mol. The van der Waals surface area contributed by atoms with Crippen molar-refractivity contribution < 1.29 is 14.3 Å². The van der Waals surface area contributed by atoms with Crippen LogP contribution in [0.4, 0.5) is 11.5 Å². The van der Waals surface area contributed by atoms with E-state index in [0.717, 1.165) is 38.4 Å². The van der Waals surface area contributed by atoms with E-state index in [4.69, 9.17) is 4.74 Å². The lowest BCUT2D eigenvalue weighted by atomic mass is 9.97. The van der Waals surface area contributed by atoms with E-state index in [9.17, 15) is 9.59 Å². The number of hydrogen-bond donors (Lipinski definition) is 2. The maximum Gasteiger partial charge on any atom is 0.252 e. The molecule has 3 heterocycles. The Balaban J connectivity index is 1.38. The minimum atomic E-state index is -0.108. The van der Waals surface area contributed by atoms with Gasteiger partial charge in [0.25, 0.3) is 5.91 Å². The van der Waals surface area contributed by atoms with Gasteiger partial charge in [-0.1, -0.05) is 38.5 Å². The molecule has 2 aliphatic heterocycles. The van der Waals surface area contributed by atoms with Gasteiger partial charge in [0.1, 0.15) is 5.82 Å². The lowest BCUT2D eigenvalue weighted by Crippen LogP contribution is -2.44. The van der Waals surface area contributed by atoms with Gasteiger partial charge in [0, 0.05) is 32.5 Å². The first-order valence-electron chi connectivity index (χ1n) is 11.6. The molecule has 7 heteroatoms. The molecule has 1 aliphatic carbocycles. The lowest BCUT2D eigenvalue weighted by molar-refractivity contribution is -0.117. The molecule has 1 saturated carbocycles. The molecule has 1 aromatic rings. The fourth-order valence-corrected chi connectivity index (χ4v) is 4.84. The second-order valence-corrected chi connectivity index (χ2v) is 8.91. The minimum absolute atomic E-state index is 0.0294. The molecule has 1 aromatic heterocycles. The summed E-state index contributed by atoms with van der Waals surface area (Å²) in [6.45, 7) is 3.10. The lowest BCUT2D eigenvalue weighted by Gasteiger charge is -2.33. The zero-order chi connectivity index (χ0) is 20.8. The fourth-order valence-electron chi connectivity index (χ4n) is 4.84. The summed E-state index contributed by atoms with van der Waals surface area (Å²) >= 11 is 0. The number of nitrogens with zero attached hydrogens (tertiary/aromatic N) is 2. The Morgan fingerprint density at radius 2 is 1.90 bits per heavy atom. The van der Waals surface area contributed by atoms with Crippen LogP contribution < -0.4 is 15.5 Å². The van der Waals surface area contributed by atoms with Gasteiger partial charge in [-0.3, -0.25) is 9.59 Å². The van der Waals surface area contributed by atoms with Gasteiger partial charge in [-0.15, -0.1) is 0 Å². The zero-order valence-electron chi connectivity index (χ0n) is 17.8. The largest absolute Gasteiger partial charge is 0.381 e. The first kappa shape index (κ1) is 21.1. The Bertz CT molecular complexity index is 740. The van der Waals surface area contributed by atoms with Crippen LogP contribution in [0.1, 0.15) is 68.1 Å². The molecular formula is C23H34N4O3. The van der Waals surface area contributed by atoms with Crippen molar-refractivity contribution in [3.8, 4) is 0 Å². The van der Waals surface area contributed by atoms with Gasteiger partial charge in [0.05, 0.1) is 17.8 Å². The Kier molecular flexibility index (Phi) is 7.20. The van der Waals surface area contributed by atoms with Gasteiger partial charge in [0.15, 0.2) is 0 Å². The number of carbonyl (C=O) groups is 2. The van der Waals surface area contributed by atoms with Crippen molar-refractivity contribution in [3.05, 3.63) is 17.8 Å². The molecule has 0 spiro atoms. The number of pyridine rings is 1. The molecule has 3 aliphatic rings. The highest BCUT2D eigenvalue weighted by atomic mass is 16.5. The van der Waals surface area contributed by atoms with Gasteiger partial charge < -0.3 is 20.3 Å². The van der Waals surface area contributed by atoms with Crippen LogP contribution in [0.25, 0.3) is 0 Å². The predicted octanol–water partition coefficient (Wildman–Crippen LogP) is 3.36. The third-order valence-corrected chi connectivity index (χ3v) is 6.72. The van der Waals surface area contributed by atoms with Crippen molar-refractivity contribution in [2.24, 2.45) is 11.8 Å². The molecule has 30 heavy (non-hydrogen) atoms. The van der Waals surface area contributed by atoms with Gasteiger partial charge in [-0.2, -0.15) is 0 Å². The number of anilines is 2. The van der Waals surface area contributed by atoms with E-state index in [0.29, 0.717) is 36.1 Å². The molecule has 0 unspecified atom stereocenters. The van der Waals surface area contributed by atoms with Crippen LogP contribution in [0.3, 0.4) is 0 Å². The van der Waals surface area contributed by atoms with Gasteiger partial charge in [-0.05, 0) is 37.2 Å². The second-order valence-electron chi connectivity index (χ2n) is 8.91. The number of fused-ring (bicyclic) bond motifs is 1. The third kappa shape index (κ3) is 5.31. The SMILES string of the molecule is O=C(NCCC1CCCCCC1)c1cnc2c(c1)N(CC1CCOCC1)C(=O)CN2. The molecule has 4 rings (SSSR count). The van der Waals surface area contributed by atoms with E-state index < -0.39 is 0 Å². The Morgan fingerprint density at radius 1 is 1.13 bits per heavy atom. The van der Waals surface area contributed by atoms with E-state index in [1.54, 1.807) is 11.1 Å². The normalized spacial score (nSPS) is 20.9. The standard InChI is InChI=1S/C23H34N4O3/c28-21-15-26-22-20(27(21)16-18-8-11-30-12-9-18)13-19(14-25-22)23(29)24-10-7-17-5-3-1-2-4-6-17/h13-14,17-18H,1-12,15-16H2,(H,24,29)(H,25,26). The number of rotatable bonds is 6. The van der Waals surface area contributed by atoms with Gasteiger partial charge in [0.2, 0.25) is 5.91 Å². The van der Waals surface area contributed by atoms with Crippen molar-refractivity contribution in [2.45, 2.75) is 57.8 Å². The van der Waals surface area contributed by atoms with Crippen LogP contribution in [0, 0.1) is 11.8 Å². The Hall–Kier alpha value is -2.15. The van der Waals surface area contributed by atoms with Crippen molar-refractivity contribution in [1.29, 1.82) is 0 Å². The first-order chi connectivity index (χ1) is 14.7. The monoisotopic (exact) mass is 414 g/mol. The van der Waals surface area contributed by atoms with Crippen LogP contribution in [-0.4, -0.2) is 49.6 Å². The molecule has 2 N–H and O–H groups in total. The number of nitrogens with one attached hydrogen (secondary N) is 2. The highest BCUT2D eigenvalue weighted by molar-refractivity contribution is 6.04. The van der Waals surface area contributed by atoms with Crippen LogP contribution in [0.15, 0.2) is 12.3 Å². The smallest absolute Gasteiger partial charge is 0.252 e. The summed E-state index contributed by atoms with van der Waals surface area (Å²) in [6, 6.07) is 1.81. The average molecular weight is 415 g/mol. The highest BCUT2D eigenvalue weighted by Gasteiger charge is 2.29. The van der Waals surface area contributed by atoms with Crippen molar-refractivity contribution in [1.82, 2.24) is 10.3 Å². The summed E-state index contributed by atoms with van der Waals surface area (Å²) in [5.74, 6) is 1.75. The van der Waals surface area contributed by atoms with Crippen LogP contribution in [0.2, 0.25) is 0 Å². The molecule has 7 nitrogen and oxygen atoms in total. The predicted molar refractivity (Wildman–Crippen MR) is 117 cm³/mol. The summed E-state index contributed by atoms with van der Waals surface area (Å²) in [7, 11) is 0. The molecule has 0 aromatic carbocycles. The van der Waals surface area contributed by atoms with E-state index in [1.165, 1.54) is 38.5 Å². The maximum absolute atomic E-state index is 12.7. The Morgan fingerprint density at radius 3 is 2.67 bits per heavy atom. The number of hydrogen-bond acceptors (Lipinski definition) is 5. The van der Waals surface area contributed by atoms with Crippen LogP contribution in [-0.2, 0) is 9.53 Å². The van der Waals surface area contributed by atoms with Crippen molar-refractivity contribution in [2.75, 3.05) is 43.1 Å². The molecule has 2 fully saturated rings.